The number of aromatic nitrogens is 2. The zero-order valence-electron chi connectivity index (χ0n) is 16.1. The van der Waals surface area contributed by atoms with Gasteiger partial charge < -0.3 is 16.0 Å². The normalized spacial score (nSPS) is 12.7. The standard InChI is InChI=1S/C21H16Cl2N6O2/c22-13-3-6-16(23)15(9-13)19-18(17-11-28(21(25)31)7-8-29(17)27-19)20(30)26-14-4-1-12(10-24)2-5-14/h1-6,9H,7-8,11H2,(H2,25,31)(H,26,30). The van der Waals surface area contributed by atoms with Crippen LogP contribution in [-0.2, 0) is 13.1 Å². The van der Waals surface area contributed by atoms with Gasteiger partial charge in [-0.2, -0.15) is 10.4 Å². The number of amides is 3. The number of rotatable bonds is 3. The van der Waals surface area contributed by atoms with E-state index in [0.29, 0.717) is 51.3 Å². The van der Waals surface area contributed by atoms with E-state index in [1.807, 2.05) is 6.07 Å². The lowest BCUT2D eigenvalue weighted by Gasteiger charge is -2.26. The molecule has 8 nitrogen and oxygen atoms in total. The number of anilines is 1. The van der Waals surface area contributed by atoms with E-state index in [2.05, 4.69) is 10.4 Å². The van der Waals surface area contributed by atoms with Gasteiger partial charge >= 0.3 is 6.03 Å². The monoisotopic (exact) mass is 454 g/mol. The van der Waals surface area contributed by atoms with Gasteiger partial charge in [0.15, 0.2) is 0 Å². The Labute approximate surface area is 187 Å². The Bertz CT molecular complexity index is 1230. The predicted molar refractivity (Wildman–Crippen MR) is 117 cm³/mol. The molecule has 1 aliphatic heterocycles. The van der Waals surface area contributed by atoms with Crippen molar-refractivity contribution < 1.29 is 9.59 Å². The molecule has 0 atom stereocenters. The lowest BCUT2D eigenvalue weighted by molar-refractivity contribution is 0.102. The van der Waals surface area contributed by atoms with Crippen molar-refractivity contribution >= 4 is 40.8 Å². The lowest BCUT2D eigenvalue weighted by atomic mass is 10.0. The molecule has 0 bridgehead atoms. The van der Waals surface area contributed by atoms with E-state index in [4.69, 9.17) is 34.2 Å². The molecule has 0 saturated carbocycles. The molecule has 0 spiro atoms. The smallest absolute Gasteiger partial charge is 0.315 e. The van der Waals surface area contributed by atoms with E-state index in [1.165, 1.54) is 4.90 Å². The zero-order valence-corrected chi connectivity index (χ0v) is 17.6. The minimum Gasteiger partial charge on any atom is -0.351 e. The second-order valence-electron chi connectivity index (χ2n) is 6.92. The number of nitriles is 1. The van der Waals surface area contributed by atoms with Crippen LogP contribution in [0.2, 0.25) is 10.0 Å². The summed E-state index contributed by atoms with van der Waals surface area (Å²) < 4.78 is 1.68. The van der Waals surface area contributed by atoms with Crippen molar-refractivity contribution in [3.8, 4) is 17.3 Å². The first-order valence-electron chi connectivity index (χ1n) is 9.28. The Morgan fingerprint density at radius 1 is 1.13 bits per heavy atom. The number of urea groups is 1. The summed E-state index contributed by atoms with van der Waals surface area (Å²) in [5, 5.41) is 17.2. The van der Waals surface area contributed by atoms with E-state index >= 15 is 0 Å². The second kappa shape index (κ2) is 8.30. The number of benzene rings is 2. The molecule has 0 fully saturated rings. The Kier molecular flexibility index (Phi) is 5.55. The quantitative estimate of drug-likeness (QED) is 0.624. The Morgan fingerprint density at radius 3 is 2.55 bits per heavy atom. The SMILES string of the molecule is N#Cc1ccc(NC(=O)c2c(-c3cc(Cl)ccc3Cl)nn3c2CN(C(N)=O)CC3)cc1. The zero-order chi connectivity index (χ0) is 22.1. The van der Waals surface area contributed by atoms with Crippen LogP contribution in [0, 0.1) is 11.3 Å². The van der Waals surface area contributed by atoms with Crippen molar-refractivity contribution in [3.63, 3.8) is 0 Å². The van der Waals surface area contributed by atoms with Gasteiger partial charge in [0.2, 0.25) is 0 Å². The summed E-state index contributed by atoms with van der Waals surface area (Å²) in [6, 6.07) is 12.9. The molecule has 2 aromatic carbocycles. The summed E-state index contributed by atoms with van der Waals surface area (Å²) >= 11 is 12.5. The van der Waals surface area contributed by atoms with Crippen molar-refractivity contribution in [1.82, 2.24) is 14.7 Å². The third-order valence-electron chi connectivity index (χ3n) is 4.97. The molecule has 0 saturated heterocycles. The fourth-order valence-electron chi connectivity index (χ4n) is 3.43. The molecule has 0 aliphatic carbocycles. The molecule has 31 heavy (non-hydrogen) atoms. The number of halogens is 2. The van der Waals surface area contributed by atoms with Crippen molar-refractivity contribution in [2.75, 3.05) is 11.9 Å². The maximum atomic E-state index is 13.3. The molecule has 0 unspecified atom stereocenters. The van der Waals surface area contributed by atoms with Crippen LogP contribution in [0.5, 0.6) is 0 Å². The molecule has 3 amide bonds. The van der Waals surface area contributed by atoms with E-state index in [9.17, 15) is 9.59 Å². The van der Waals surface area contributed by atoms with Crippen LogP contribution in [0.1, 0.15) is 21.6 Å². The Balaban J connectivity index is 1.81. The van der Waals surface area contributed by atoms with Crippen LogP contribution in [0.3, 0.4) is 0 Å². The molecule has 4 rings (SSSR count). The van der Waals surface area contributed by atoms with Crippen molar-refractivity contribution in [2.45, 2.75) is 13.1 Å². The van der Waals surface area contributed by atoms with Gasteiger partial charge in [-0.05, 0) is 42.5 Å². The molecule has 0 radical (unpaired) electrons. The Morgan fingerprint density at radius 2 is 1.87 bits per heavy atom. The van der Waals surface area contributed by atoms with Gasteiger partial charge in [-0.1, -0.05) is 23.2 Å². The fraction of sp³-hybridized carbons (Fsp3) is 0.143. The van der Waals surface area contributed by atoms with Gasteiger partial charge in [-0.15, -0.1) is 0 Å². The molecule has 156 valence electrons. The van der Waals surface area contributed by atoms with Gasteiger partial charge in [-0.3, -0.25) is 9.48 Å². The summed E-state index contributed by atoms with van der Waals surface area (Å²) in [7, 11) is 0. The third kappa shape index (κ3) is 4.06. The fourth-order valence-corrected chi connectivity index (χ4v) is 3.81. The average Bonchev–Trinajstić information content (AvgIpc) is 3.14. The molecule has 1 aromatic heterocycles. The van der Waals surface area contributed by atoms with Crippen LogP contribution in [0.15, 0.2) is 42.5 Å². The third-order valence-corrected chi connectivity index (χ3v) is 5.54. The van der Waals surface area contributed by atoms with Gasteiger partial charge in [0.25, 0.3) is 5.91 Å². The largest absolute Gasteiger partial charge is 0.351 e. The first-order chi connectivity index (χ1) is 14.9. The van der Waals surface area contributed by atoms with Gasteiger partial charge in [-0.25, -0.2) is 4.79 Å². The van der Waals surface area contributed by atoms with Crippen LogP contribution >= 0.6 is 23.2 Å². The Hall–Kier alpha value is -3.54. The number of nitrogens with two attached hydrogens (primary N) is 1. The number of nitrogens with one attached hydrogen (secondary N) is 1. The van der Waals surface area contributed by atoms with Crippen LogP contribution in [0.25, 0.3) is 11.3 Å². The highest BCUT2D eigenvalue weighted by molar-refractivity contribution is 6.35. The van der Waals surface area contributed by atoms with Gasteiger partial charge in [0.05, 0.1) is 41.0 Å². The van der Waals surface area contributed by atoms with Gasteiger partial charge in [0.1, 0.15) is 5.69 Å². The van der Waals surface area contributed by atoms with E-state index < -0.39 is 11.9 Å². The first-order valence-corrected chi connectivity index (χ1v) is 10.0. The summed E-state index contributed by atoms with van der Waals surface area (Å²) in [5.74, 6) is -0.427. The molecule has 2 heterocycles. The minimum atomic E-state index is -0.576. The van der Waals surface area contributed by atoms with Crippen molar-refractivity contribution in [3.05, 3.63) is 69.3 Å². The predicted octanol–water partition coefficient (Wildman–Crippen LogP) is 3.88. The molecular weight excluding hydrogens is 439 g/mol. The van der Waals surface area contributed by atoms with E-state index in [-0.39, 0.29) is 12.1 Å². The number of primary amides is 1. The van der Waals surface area contributed by atoms with E-state index in [1.54, 1.807) is 47.1 Å². The molecular formula is C21H16Cl2N6O2. The number of nitrogens with zero attached hydrogens (tertiary/aromatic N) is 4. The molecule has 3 aromatic rings. The minimum absolute atomic E-state index is 0.136. The number of hydrogen-bond acceptors (Lipinski definition) is 4. The number of fused-ring (bicyclic) bond motifs is 1. The summed E-state index contributed by atoms with van der Waals surface area (Å²) in [5.41, 5.74) is 8.13. The number of hydrogen-bond donors (Lipinski definition) is 2. The summed E-state index contributed by atoms with van der Waals surface area (Å²) in [6.07, 6.45) is 0. The lowest BCUT2D eigenvalue weighted by Crippen LogP contribution is -2.42. The highest BCUT2D eigenvalue weighted by Gasteiger charge is 2.30. The molecule has 1 aliphatic rings. The summed E-state index contributed by atoms with van der Waals surface area (Å²) in [4.78, 5) is 26.5. The van der Waals surface area contributed by atoms with Crippen LogP contribution < -0.4 is 11.1 Å². The average molecular weight is 455 g/mol. The van der Waals surface area contributed by atoms with Crippen LogP contribution in [-0.4, -0.2) is 33.2 Å². The maximum Gasteiger partial charge on any atom is 0.315 e. The summed E-state index contributed by atoms with van der Waals surface area (Å²) in [6.45, 7) is 0.896. The number of carbonyl (C=O) groups excluding carboxylic acids is 2. The topological polar surface area (TPSA) is 117 Å². The molecule has 3 N–H and O–H groups in total. The van der Waals surface area contributed by atoms with Crippen LogP contribution in [0.4, 0.5) is 10.5 Å². The number of carbonyl (C=O) groups is 2. The van der Waals surface area contributed by atoms with Crippen molar-refractivity contribution in [1.29, 1.82) is 5.26 Å². The maximum absolute atomic E-state index is 13.3. The second-order valence-corrected chi connectivity index (χ2v) is 7.76. The highest BCUT2D eigenvalue weighted by atomic mass is 35.5. The van der Waals surface area contributed by atoms with E-state index in [0.717, 1.165) is 0 Å². The van der Waals surface area contributed by atoms with Gasteiger partial charge in [0, 0.05) is 22.8 Å². The highest BCUT2D eigenvalue weighted by Crippen LogP contribution is 2.35. The molecule has 10 heteroatoms. The first kappa shape index (κ1) is 20.7. The van der Waals surface area contributed by atoms with Crippen molar-refractivity contribution in [2.24, 2.45) is 5.73 Å².